The molecule has 0 aliphatic carbocycles. The topological polar surface area (TPSA) is 24.5 Å². The van der Waals surface area contributed by atoms with Crippen molar-refractivity contribution in [1.82, 2.24) is 10.2 Å². The van der Waals surface area contributed by atoms with Gasteiger partial charge in [-0.25, -0.2) is 0 Å². The Labute approximate surface area is 112 Å². The second-order valence-corrected chi connectivity index (χ2v) is 6.82. The van der Waals surface area contributed by atoms with Crippen molar-refractivity contribution < 1.29 is 4.74 Å². The smallest absolute Gasteiger partial charge is 0.0641 e. The molecule has 2 heterocycles. The molecule has 0 amide bonds. The molecule has 2 rings (SSSR count). The van der Waals surface area contributed by atoms with Gasteiger partial charge in [-0.05, 0) is 65.1 Å². The average molecular weight is 254 g/mol. The van der Waals surface area contributed by atoms with Gasteiger partial charge >= 0.3 is 0 Å². The van der Waals surface area contributed by atoms with Crippen LogP contribution in [0.1, 0.15) is 46.5 Å². The van der Waals surface area contributed by atoms with Crippen LogP contribution in [0.2, 0.25) is 0 Å². The summed E-state index contributed by atoms with van der Waals surface area (Å²) in [6.45, 7) is 12.7. The van der Waals surface area contributed by atoms with Crippen LogP contribution >= 0.6 is 0 Å². The Bertz CT molecular complexity index is 249. The Morgan fingerprint density at radius 3 is 2.72 bits per heavy atom. The quantitative estimate of drug-likeness (QED) is 0.814. The standard InChI is InChI=1S/C15H30N2O/c1-13(12-17-7-4-5-8-17)11-16-14-6-9-18-15(2,3)10-14/h13-14,16H,4-12H2,1-3H3. The zero-order valence-electron chi connectivity index (χ0n) is 12.4. The molecular formula is C15H30N2O. The van der Waals surface area contributed by atoms with Gasteiger partial charge in [-0.1, -0.05) is 6.92 Å². The summed E-state index contributed by atoms with van der Waals surface area (Å²) in [7, 11) is 0. The van der Waals surface area contributed by atoms with E-state index in [1.54, 1.807) is 0 Å². The Morgan fingerprint density at radius 1 is 1.33 bits per heavy atom. The van der Waals surface area contributed by atoms with Crippen LogP contribution in [0.4, 0.5) is 0 Å². The highest BCUT2D eigenvalue weighted by molar-refractivity contribution is 4.83. The molecule has 2 aliphatic rings. The predicted molar refractivity (Wildman–Crippen MR) is 75.9 cm³/mol. The van der Waals surface area contributed by atoms with E-state index in [-0.39, 0.29) is 5.60 Å². The summed E-state index contributed by atoms with van der Waals surface area (Å²) >= 11 is 0. The highest BCUT2D eigenvalue weighted by Gasteiger charge is 2.28. The van der Waals surface area contributed by atoms with Gasteiger partial charge in [-0.2, -0.15) is 0 Å². The third-order valence-electron chi connectivity index (χ3n) is 4.22. The molecule has 2 fully saturated rings. The van der Waals surface area contributed by atoms with Crippen molar-refractivity contribution in [3.8, 4) is 0 Å². The molecule has 3 nitrogen and oxygen atoms in total. The van der Waals surface area contributed by atoms with Crippen molar-refractivity contribution in [2.75, 3.05) is 32.8 Å². The summed E-state index contributed by atoms with van der Waals surface area (Å²) in [5.41, 5.74) is 0.0636. The Kier molecular flexibility index (Phi) is 5.05. The molecule has 2 atom stereocenters. The van der Waals surface area contributed by atoms with Gasteiger partial charge in [0.15, 0.2) is 0 Å². The van der Waals surface area contributed by atoms with Crippen molar-refractivity contribution in [2.45, 2.75) is 58.1 Å². The van der Waals surface area contributed by atoms with Crippen molar-refractivity contribution in [3.05, 3.63) is 0 Å². The number of nitrogens with one attached hydrogen (secondary N) is 1. The van der Waals surface area contributed by atoms with Crippen molar-refractivity contribution in [1.29, 1.82) is 0 Å². The molecule has 2 saturated heterocycles. The van der Waals surface area contributed by atoms with Gasteiger partial charge in [0.2, 0.25) is 0 Å². The van der Waals surface area contributed by atoms with Gasteiger partial charge in [-0.3, -0.25) is 0 Å². The molecule has 0 radical (unpaired) electrons. The Balaban J connectivity index is 1.64. The molecule has 18 heavy (non-hydrogen) atoms. The van der Waals surface area contributed by atoms with Crippen molar-refractivity contribution >= 4 is 0 Å². The molecule has 3 heteroatoms. The molecule has 0 spiro atoms. The van der Waals surface area contributed by atoms with E-state index in [4.69, 9.17) is 4.74 Å². The highest BCUT2D eigenvalue weighted by atomic mass is 16.5. The van der Waals surface area contributed by atoms with Gasteiger partial charge in [0.25, 0.3) is 0 Å². The molecule has 1 N–H and O–H groups in total. The molecule has 0 saturated carbocycles. The van der Waals surface area contributed by atoms with Gasteiger partial charge in [0.05, 0.1) is 5.60 Å². The zero-order chi connectivity index (χ0) is 13.0. The monoisotopic (exact) mass is 254 g/mol. The van der Waals surface area contributed by atoms with Crippen LogP contribution in [0.3, 0.4) is 0 Å². The maximum absolute atomic E-state index is 5.76. The molecule has 0 bridgehead atoms. The first kappa shape index (κ1) is 14.3. The van der Waals surface area contributed by atoms with Crippen LogP contribution in [0.15, 0.2) is 0 Å². The molecule has 106 valence electrons. The normalized spacial score (nSPS) is 30.5. The van der Waals surface area contributed by atoms with Crippen LogP contribution in [-0.2, 0) is 4.74 Å². The molecule has 2 unspecified atom stereocenters. The Morgan fingerprint density at radius 2 is 2.06 bits per heavy atom. The fourth-order valence-corrected chi connectivity index (χ4v) is 3.24. The van der Waals surface area contributed by atoms with Gasteiger partial charge in [0.1, 0.15) is 0 Å². The fraction of sp³-hybridized carbons (Fsp3) is 1.00. The Hall–Kier alpha value is -0.120. The first-order chi connectivity index (χ1) is 8.55. The van der Waals surface area contributed by atoms with E-state index < -0.39 is 0 Å². The van der Waals surface area contributed by atoms with Gasteiger partial charge in [0, 0.05) is 19.2 Å². The molecule has 2 aliphatic heterocycles. The lowest BCUT2D eigenvalue weighted by molar-refractivity contribution is -0.0632. The number of hydrogen-bond acceptors (Lipinski definition) is 3. The summed E-state index contributed by atoms with van der Waals surface area (Å²) in [6, 6.07) is 0.648. The predicted octanol–water partition coefficient (Wildman–Crippen LogP) is 2.27. The van der Waals surface area contributed by atoms with Gasteiger partial charge < -0.3 is 15.0 Å². The maximum atomic E-state index is 5.76. The van der Waals surface area contributed by atoms with Gasteiger partial charge in [-0.15, -0.1) is 0 Å². The minimum Gasteiger partial charge on any atom is -0.375 e. The van der Waals surface area contributed by atoms with E-state index in [2.05, 4.69) is 31.0 Å². The molecular weight excluding hydrogens is 224 g/mol. The second-order valence-electron chi connectivity index (χ2n) is 6.82. The fourth-order valence-electron chi connectivity index (χ4n) is 3.24. The lowest BCUT2D eigenvalue weighted by atomic mass is 9.93. The summed E-state index contributed by atoms with van der Waals surface area (Å²) in [4.78, 5) is 2.61. The maximum Gasteiger partial charge on any atom is 0.0641 e. The van der Waals surface area contributed by atoms with E-state index in [0.717, 1.165) is 25.5 Å². The van der Waals surface area contributed by atoms with Crippen LogP contribution in [-0.4, -0.2) is 49.3 Å². The van der Waals surface area contributed by atoms with Crippen LogP contribution in [0.5, 0.6) is 0 Å². The van der Waals surface area contributed by atoms with E-state index in [0.29, 0.717) is 6.04 Å². The molecule has 0 aromatic carbocycles. The highest BCUT2D eigenvalue weighted by Crippen LogP contribution is 2.24. The first-order valence-corrected chi connectivity index (χ1v) is 7.65. The number of likely N-dealkylation sites (tertiary alicyclic amines) is 1. The van der Waals surface area contributed by atoms with Crippen molar-refractivity contribution in [2.24, 2.45) is 5.92 Å². The summed E-state index contributed by atoms with van der Waals surface area (Å²) < 4.78 is 5.76. The summed E-state index contributed by atoms with van der Waals surface area (Å²) in [5.74, 6) is 0.758. The molecule has 0 aromatic heterocycles. The third-order valence-corrected chi connectivity index (χ3v) is 4.22. The number of rotatable bonds is 5. The second kappa shape index (κ2) is 6.36. The van der Waals surface area contributed by atoms with Crippen LogP contribution in [0, 0.1) is 5.92 Å². The largest absolute Gasteiger partial charge is 0.375 e. The van der Waals surface area contributed by atoms with E-state index in [1.165, 1.54) is 38.9 Å². The lowest BCUT2D eigenvalue weighted by Crippen LogP contribution is -2.45. The van der Waals surface area contributed by atoms with Crippen molar-refractivity contribution in [3.63, 3.8) is 0 Å². The number of ether oxygens (including phenoxy) is 1. The summed E-state index contributed by atoms with van der Waals surface area (Å²) in [6.07, 6.45) is 5.10. The minimum atomic E-state index is 0.0636. The third kappa shape index (κ3) is 4.52. The average Bonchev–Trinajstić information content (AvgIpc) is 2.78. The van der Waals surface area contributed by atoms with E-state index in [9.17, 15) is 0 Å². The lowest BCUT2D eigenvalue weighted by Gasteiger charge is -2.36. The number of nitrogens with zero attached hydrogens (tertiary/aromatic N) is 1. The van der Waals surface area contributed by atoms with Crippen LogP contribution in [0.25, 0.3) is 0 Å². The molecule has 0 aromatic rings. The SMILES string of the molecule is CC(CNC1CCOC(C)(C)C1)CN1CCCC1. The van der Waals surface area contributed by atoms with E-state index in [1.807, 2.05) is 0 Å². The minimum absolute atomic E-state index is 0.0636. The zero-order valence-corrected chi connectivity index (χ0v) is 12.4. The number of hydrogen-bond donors (Lipinski definition) is 1. The van der Waals surface area contributed by atoms with Crippen LogP contribution < -0.4 is 5.32 Å². The summed E-state index contributed by atoms with van der Waals surface area (Å²) in [5, 5.41) is 3.74. The first-order valence-electron chi connectivity index (χ1n) is 7.65. The van der Waals surface area contributed by atoms with E-state index >= 15 is 0 Å².